The Kier molecular flexibility index (Phi) is 4.72. The van der Waals surface area contributed by atoms with Crippen LogP contribution < -0.4 is 9.47 Å². The summed E-state index contributed by atoms with van der Waals surface area (Å²) in [4.78, 5) is 0. The van der Waals surface area contributed by atoms with Crippen LogP contribution in [0.15, 0.2) is 18.2 Å². The van der Waals surface area contributed by atoms with E-state index >= 15 is 0 Å². The molecule has 1 fully saturated rings. The standard InChI is InChI=1S/C14H19BrO2/c1-2-7-16-13-6-5-12(9-15)14(8-13)17-10-11-3-4-11/h5-6,8,11H,2-4,7,9-10H2,1H3. The molecule has 0 amide bonds. The molecule has 0 spiro atoms. The second-order valence-corrected chi connectivity index (χ2v) is 5.07. The quantitative estimate of drug-likeness (QED) is 0.704. The van der Waals surface area contributed by atoms with Gasteiger partial charge in [-0.2, -0.15) is 0 Å². The molecule has 1 aromatic carbocycles. The fraction of sp³-hybridized carbons (Fsp3) is 0.571. The fourth-order valence-corrected chi connectivity index (χ4v) is 2.04. The lowest BCUT2D eigenvalue weighted by molar-refractivity contribution is 0.289. The molecule has 0 N–H and O–H groups in total. The van der Waals surface area contributed by atoms with Gasteiger partial charge in [0.25, 0.3) is 0 Å². The van der Waals surface area contributed by atoms with Crippen molar-refractivity contribution in [3.8, 4) is 11.5 Å². The van der Waals surface area contributed by atoms with Crippen molar-refractivity contribution in [1.82, 2.24) is 0 Å². The Hall–Kier alpha value is -0.700. The van der Waals surface area contributed by atoms with Gasteiger partial charge >= 0.3 is 0 Å². The van der Waals surface area contributed by atoms with Gasteiger partial charge in [0.05, 0.1) is 13.2 Å². The van der Waals surface area contributed by atoms with Crippen LogP contribution in [0.3, 0.4) is 0 Å². The lowest BCUT2D eigenvalue weighted by Gasteiger charge is -2.12. The molecular formula is C14H19BrO2. The Labute approximate surface area is 111 Å². The van der Waals surface area contributed by atoms with Gasteiger partial charge in [0.1, 0.15) is 11.5 Å². The first-order chi connectivity index (χ1) is 8.33. The van der Waals surface area contributed by atoms with Crippen molar-refractivity contribution in [1.29, 1.82) is 0 Å². The molecule has 1 saturated carbocycles. The zero-order valence-electron chi connectivity index (χ0n) is 10.2. The second kappa shape index (κ2) is 6.29. The molecule has 3 heteroatoms. The molecule has 2 rings (SSSR count). The van der Waals surface area contributed by atoms with Crippen LogP contribution >= 0.6 is 15.9 Å². The summed E-state index contributed by atoms with van der Waals surface area (Å²) in [5.41, 5.74) is 1.19. The Morgan fingerprint density at radius 2 is 2.12 bits per heavy atom. The minimum absolute atomic E-state index is 0.760. The van der Waals surface area contributed by atoms with E-state index in [9.17, 15) is 0 Å². The third kappa shape index (κ3) is 3.91. The third-order valence-corrected chi connectivity index (χ3v) is 3.43. The van der Waals surface area contributed by atoms with Crippen LogP contribution in [0, 0.1) is 5.92 Å². The van der Waals surface area contributed by atoms with E-state index in [2.05, 4.69) is 28.9 Å². The Morgan fingerprint density at radius 3 is 2.76 bits per heavy atom. The van der Waals surface area contributed by atoms with Crippen molar-refractivity contribution >= 4 is 15.9 Å². The first kappa shape index (κ1) is 12.7. The highest BCUT2D eigenvalue weighted by Crippen LogP contribution is 2.32. The predicted octanol–water partition coefficient (Wildman–Crippen LogP) is 4.16. The van der Waals surface area contributed by atoms with Crippen LogP contribution in [0.4, 0.5) is 0 Å². The van der Waals surface area contributed by atoms with Gasteiger partial charge in [0, 0.05) is 17.0 Å². The number of rotatable bonds is 7. The van der Waals surface area contributed by atoms with Gasteiger partial charge in [-0.15, -0.1) is 0 Å². The Balaban J connectivity index is 2.01. The van der Waals surface area contributed by atoms with Crippen LogP contribution in [0.2, 0.25) is 0 Å². The van der Waals surface area contributed by atoms with Crippen molar-refractivity contribution in [2.45, 2.75) is 31.5 Å². The number of halogens is 1. The van der Waals surface area contributed by atoms with Crippen LogP contribution in [0.25, 0.3) is 0 Å². The van der Waals surface area contributed by atoms with E-state index in [4.69, 9.17) is 9.47 Å². The lowest BCUT2D eigenvalue weighted by atomic mass is 10.2. The van der Waals surface area contributed by atoms with Gasteiger partial charge in [0.15, 0.2) is 0 Å². The van der Waals surface area contributed by atoms with Crippen LogP contribution in [-0.2, 0) is 5.33 Å². The maximum Gasteiger partial charge on any atom is 0.127 e. The molecule has 0 saturated heterocycles. The van der Waals surface area contributed by atoms with Gasteiger partial charge in [0.2, 0.25) is 0 Å². The number of hydrogen-bond donors (Lipinski definition) is 0. The summed E-state index contributed by atoms with van der Waals surface area (Å²) in [5, 5.41) is 0.820. The highest BCUT2D eigenvalue weighted by atomic mass is 79.9. The maximum atomic E-state index is 5.86. The molecule has 0 atom stereocenters. The zero-order valence-corrected chi connectivity index (χ0v) is 11.8. The molecule has 0 bridgehead atoms. The van der Waals surface area contributed by atoms with E-state index in [-0.39, 0.29) is 0 Å². The molecule has 17 heavy (non-hydrogen) atoms. The molecule has 0 heterocycles. The molecule has 94 valence electrons. The van der Waals surface area contributed by atoms with Crippen molar-refractivity contribution in [2.24, 2.45) is 5.92 Å². The average molecular weight is 299 g/mol. The van der Waals surface area contributed by atoms with E-state index in [0.29, 0.717) is 0 Å². The number of benzene rings is 1. The van der Waals surface area contributed by atoms with E-state index in [1.165, 1.54) is 18.4 Å². The summed E-state index contributed by atoms with van der Waals surface area (Å²) in [6.07, 6.45) is 3.66. The topological polar surface area (TPSA) is 18.5 Å². The molecule has 2 nitrogen and oxygen atoms in total. The van der Waals surface area contributed by atoms with Gasteiger partial charge in [-0.3, -0.25) is 0 Å². The van der Waals surface area contributed by atoms with Crippen molar-refractivity contribution in [2.75, 3.05) is 13.2 Å². The minimum Gasteiger partial charge on any atom is -0.493 e. The SMILES string of the molecule is CCCOc1ccc(CBr)c(OCC2CC2)c1. The van der Waals surface area contributed by atoms with Gasteiger partial charge in [-0.1, -0.05) is 28.9 Å². The van der Waals surface area contributed by atoms with Crippen molar-refractivity contribution in [3.05, 3.63) is 23.8 Å². The highest BCUT2D eigenvalue weighted by Gasteiger charge is 2.22. The summed E-state index contributed by atoms with van der Waals surface area (Å²) < 4.78 is 11.5. The molecule has 0 aromatic heterocycles. The molecule has 1 aliphatic carbocycles. The lowest BCUT2D eigenvalue weighted by Crippen LogP contribution is -2.02. The summed E-state index contributed by atoms with van der Waals surface area (Å²) in [7, 11) is 0. The monoisotopic (exact) mass is 298 g/mol. The second-order valence-electron chi connectivity index (χ2n) is 4.51. The molecule has 0 aliphatic heterocycles. The Bertz CT molecular complexity index is 361. The third-order valence-electron chi connectivity index (χ3n) is 2.83. The number of hydrogen-bond acceptors (Lipinski definition) is 2. The average Bonchev–Trinajstić information content (AvgIpc) is 3.18. The minimum atomic E-state index is 0.760. The van der Waals surface area contributed by atoms with Gasteiger partial charge in [-0.05, 0) is 31.2 Å². The molecule has 0 radical (unpaired) electrons. The largest absolute Gasteiger partial charge is 0.493 e. The molecule has 1 aliphatic rings. The maximum absolute atomic E-state index is 5.86. The van der Waals surface area contributed by atoms with Crippen molar-refractivity contribution < 1.29 is 9.47 Å². The summed E-state index contributed by atoms with van der Waals surface area (Å²) in [6.45, 7) is 3.71. The number of alkyl halides is 1. The number of ether oxygens (including phenoxy) is 2. The first-order valence-electron chi connectivity index (χ1n) is 6.28. The summed E-state index contributed by atoms with van der Waals surface area (Å²) in [5.74, 6) is 2.64. The summed E-state index contributed by atoms with van der Waals surface area (Å²) in [6, 6.07) is 6.09. The van der Waals surface area contributed by atoms with E-state index < -0.39 is 0 Å². The van der Waals surface area contributed by atoms with Crippen LogP contribution in [0.5, 0.6) is 11.5 Å². The molecular weight excluding hydrogens is 280 g/mol. The van der Waals surface area contributed by atoms with Crippen LogP contribution in [0.1, 0.15) is 31.7 Å². The van der Waals surface area contributed by atoms with E-state index in [0.717, 1.165) is 42.4 Å². The summed E-state index contributed by atoms with van der Waals surface area (Å²) >= 11 is 3.49. The normalized spacial score (nSPS) is 14.7. The fourth-order valence-electron chi connectivity index (χ4n) is 1.58. The first-order valence-corrected chi connectivity index (χ1v) is 7.40. The highest BCUT2D eigenvalue weighted by molar-refractivity contribution is 9.08. The van der Waals surface area contributed by atoms with Gasteiger partial charge < -0.3 is 9.47 Å². The molecule has 0 unspecified atom stereocenters. The Morgan fingerprint density at radius 1 is 1.29 bits per heavy atom. The van der Waals surface area contributed by atoms with E-state index in [1.54, 1.807) is 0 Å². The smallest absolute Gasteiger partial charge is 0.127 e. The zero-order chi connectivity index (χ0) is 12.1. The predicted molar refractivity (Wildman–Crippen MR) is 73.1 cm³/mol. The van der Waals surface area contributed by atoms with Crippen molar-refractivity contribution in [3.63, 3.8) is 0 Å². The van der Waals surface area contributed by atoms with E-state index in [1.807, 2.05) is 12.1 Å². The van der Waals surface area contributed by atoms with Crippen LogP contribution in [-0.4, -0.2) is 13.2 Å². The van der Waals surface area contributed by atoms with Gasteiger partial charge in [-0.25, -0.2) is 0 Å². The molecule has 1 aromatic rings.